The van der Waals surface area contributed by atoms with E-state index in [-0.39, 0.29) is 6.61 Å². The van der Waals surface area contributed by atoms with Gasteiger partial charge in [-0.15, -0.1) is 0 Å². The highest BCUT2D eigenvalue weighted by Crippen LogP contribution is 2.15. The van der Waals surface area contributed by atoms with E-state index >= 15 is 0 Å². The summed E-state index contributed by atoms with van der Waals surface area (Å²) in [5.74, 6) is -0.798. The number of halogens is 3. The first-order valence-electron chi connectivity index (χ1n) is 4.14. The Morgan fingerprint density at radius 1 is 1.33 bits per heavy atom. The number of hydrogen-bond donors (Lipinski definition) is 1. The fourth-order valence-electron chi connectivity index (χ4n) is 0.991. The van der Waals surface area contributed by atoms with E-state index in [1.165, 1.54) is 14.0 Å². The number of ether oxygens (including phenoxy) is 2. The minimum atomic E-state index is -4.39. The largest absolute Gasteiger partial charge is 0.468 e. The minimum absolute atomic E-state index is 0.199. The van der Waals surface area contributed by atoms with Crippen molar-refractivity contribution in [3.8, 4) is 0 Å². The molecule has 7 heteroatoms. The maximum atomic E-state index is 11.9. The molecule has 15 heavy (non-hydrogen) atoms. The van der Waals surface area contributed by atoms with E-state index in [4.69, 9.17) is 0 Å². The van der Waals surface area contributed by atoms with Gasteiger partial charge in [0.15, 0.2) is 0 Å². The first kappa shape index (κ1) is 14.2. The van der Waals surface area contributed by atoms with Crippen LogP contribution < -0.4 is 5.32 Å². The Labute approximate surface area is 85.7 Å². The van der Waals surface area contributed by atoms with Crippen molar-refractivity contribution in [3.05, 3.63) is 0 Å². The van der Waals surface area contributed by atoms with E-state index in [1.54, 1.807) is 0 Å². The summed E-state index contributed by atoms with van der Waals surface area (Å²) in [5, 5.41) is 2.06. The lowest BCUT2D eigenvalue weighted by atomic mass is 10.0. The molecule has 0 aromatic carbocycles. The lowest BCUT2D eigenvalue weighted by molar-refractivity contribution is -0.155. The van der Waals surface area contributed by atoms with Gasteiger partial charge in [0.25, 0.3) is 0 Å². The van der Waals surface area contributed by atoms with Crippen LogP contribution in [0.2, 0.25) is 0 Å². The van der Waals surface area contributed by atoms with Crippen LogP contribution in [0.1, 0.15) is 6.92 Å². The van der Waals surface area contributed by atoms with Crippen molar-refractivity contribution in [2.75, 3.05) is 27.4 Å². The van der Waals surface area contributed by atoms with Gasteiger partial charge >= 0.3 is 12.1 Å². The predicted octanol–water partition coefficient (Wildman–Crippen LogP) is 0.716. The Bertz CT molecular complexity index is 220. The van der Waals surface area contributed by atoms with Gasteiger partial charge in [0.2, 0.25) is 0 Å². The third-order valence-electron chi connectivity index (χ3n) is 1.75. The fraction of sp³-hybridized carbons (Fsp3) is 0.875. The molecule has 0 aromatic heterocycles. The maximum absolute atomic E-state index is 11.9. The van der Waals surface area contributed by atoms with Crippen molar-refractivity contribution in [1.82, 2.24) is 5.32 Å². The van der Waals surface area contributed by atoms with Crippen molar-refractivity contribution >= 4 is 5.97 Å². The Balaban J connectivity index is 4.45. The van der Waals surface area contributed by atoms with E-state index in [1.807, 2.05) is 0 Å². The standard InChI is InChI=1S/C8H14F3NO3/c1-7(5-14-2,6(13)15-3)12-4-8(9,10)11/h12H,4-5H2,1-3H3. The Kier molecular flexibility index (Phi) is 5.02. The van der Waals surface area contributed by atoms with E-state index in [9.17, 15) is 18.0 Å². The normalized spacial score (nSPS) is 15.9. The molecule has 1 N–H and O–H groups in total. The SMILES string of the molecule is COCC(C)(NCC(F)(F)F)C(=O)OC. The number of methoxy groups -OCH3 is 2. The number of hydrogen-bond acceptors (Lipinski definition) is 4. The zero-order chi connectivity index (χ0) is 12.1. The summed E-state index contributed by atoms with van der Waals surface area (Å²) < 4.78 is 44.9. The zero-order valence-electron chi connectivity index (χ0n) is 8.77. The second-order valence-corrected chi connectivity index (χ2v) is 3.23. The molecule has 1 atom stereocenters. The Morgan fingerprint density at radius 2 is 1.87 bits per heavy atom. The van der Waals surface area contributed by atoms with Crippen LogP contribution in [0.5, 0.6) is 0 Å². The molecule has 0 fully saturated rings. The number of carbonyl (C=O) groups excluding carboxylic acids is 1. The van der Waals surface area contributed by atoms with E-state index < -0.39 is 24.2 Å². The van der Waals surface area contributed by atoms with Gasteiger partial charge in [0.1, 0.15) is 5.54 Å². The molecule has 0 bridgehead atoms. The van der Waals surface area contributed by atoms with E-state index in [0.717, 1.165) is 7.11 Å². The van der Waals surface area contributed by atoms with Crippen molar-refractivity contribution in [2.24, 2.45) is 0 Å². The average Bonchev–Trinajstić information content (AvgIpc) is 2.13. The van der Waals surface area contributed by atoms with Crippen molar-refractivity contribution in [1.29, 1.82) is 0 Å². The monoisotopic (exact) mass is 229 g/mol. The van der Waals surface area contributed by atoms with Crippen LogP contribution in [-0.4, -0.2) is 45.1 Å². The number of alkyl halides is 3. The molecular weight excluding hydrogens is 215 g/mol. The molecule has 0 aromatic rings. The van der Waals surface area contributed by atoms with Gasteiger partial charge in [0, 0.05) is 7.11 Å². The smallest absolute Gasteiger partial charge is 0.401 e. The van der Waals surface area contributed by atoms with Crippen molar-refractivity contribution in [3.63, 3.8) is 0 Å². The topological polar surface area (TPSA) is 47.6 Å². The Morgan fingerprint density at radius 3 is 2.20 bits per heavy atom. The van der Waals surface area contributed by atoms with Crippen LogP contribution in [0.3, 0.4) is 0 Å². The summed E-state index contributed by atoms with van der Waals surface area (Å²) in [6.07, 6.45) is -4.39. The molecule has 0 saturated heterocycles. The maximum Gasteiger partial charge on any atom is 0.401 e. The van der Waals surface area contributed by atoms with Crippen LogP contribution in [0.15, 0.2) is 0 Å². The van der Waals surface area contributed by atoms with Gasteiger partial charge in [-0.05, 0) is 6.92 Å². The summed E-state index contributed by atoms with van der Waals surface area (Å²) in [7, 11) is 2.39. The molecule has 0 saturated carbocycles. The van der Waals surface area contributed by atoms with Gasteiger partial charge in [0.05, 0.1) is 20.3 Å². The highest BCUT2D eigenvalue weighted by Gasteiger charge is 2.38. The third-order valence-corrected chi connectivity index (χ3v) is 1.75. The van der Waals surface area contributed by atoms with Crippen LogP contribution in [0.25, 0.3) is 0 Å². The second-order valence-electron chi connectivity index (χ2n) is 3.23. The summed E-state index contributed by atoms with van der Waals surface area (Å²) >= 11 is 0. The quantitative estimate of drug-likeness (QED) is 0.705. The van der Waals surface area contributed by atoms with Crippen LogP contribution >= 0.6 is 0 Å². The summed E-state index contributed by atoms with van der Waals surface area (Å²) in [5.41, 5.74) is -1.49. The number of rotatable bonds is 5. The van der Waals surface area contributed by atoms with Gasteiger partial charge in [-0.25, -0.2) is 4.79 Å². The molecule has 0 rings (SSSR count). The number of nitrogens with one attached hydrogen (secondary N) is 1. The highest BCUT2D eigenvalue weighted by atomic mass is 19.4. The summed E-state index contributed by atoms with van der Waals surface area (Å²) in [4.78, 5) is 11.2. The van der Waals surface area contributed by atoms with Gasteiger partial charge in [-0.1, -0.05) is 0 Å². The molecule has 0 aliphatic rings. The van der Waals surface area contributed by atoms with Crippen LogP contribution in [0.4, 0.5) is 13.2 Å². The average molecular weight is 229 g/mol. The molecule has 0 amide bonds. The fourth-order valence-corrected chi connectivity index (χ4v) is 0.991. The molecule has 0 spiro atoms. The molecule has 90 valence electrons. The van der Waals surface area contributed by atoms with Gasteiger partial charge in [-0.3, -0.25) is 5.32 Å². The second kappa shape index (κ2) is 5.32. The third kappa shape index (κ3) is 4.98. The van der Waals surface area contributed by atoms with E-state index in [2.05, 4.69) is 14.8 Å². The molecule has 4 nitrogen and oxygen atoms in total. The molecule has 0 radical (unpaired) electrons. The lowest BCUT2D eigenvalue weighted by Gasteiger charge is -2.27. The van der Waals surface area contributed by atoms with Crippen molar-refractivity contribution < 1.29 is 27.4 Å². The lowest BCUT2D eigenvalue weighted by Crippen LogP contribution is -2.56. The Hall–Kier alpha value is -0.820. The molecule has 0 aliphatic carbocycles. The molecule has 0 aliphatic heterocycles. The van der Waals surface area contributed by atoms with E-state index in [0.29, 0.717) is 0 Å². The van der Waals surface area contributed by atoms with Crippen molar-refractivity contribution in [2.45, 2.75) is 18.6 Å². The predicted molar refractivity (Wildman–Crippen MR) is 46.4 cm³/mol. The zero-order valence-corrected chi connectivity index (χ0v) is 8.77. The minimum Gasteiger partial charge on any atom is -0.468 e. The molecule has 1 unspecified atom stereocenters. The van der Waals surface area contributed by atoms with Crippen LogP contribution in [0, 0.1) is 0 Å². The summed E-state index contributed by atoms with van der Waals surface area (Å²) in [6, 6.07) is 0. The van der Waals surface area contributed by atoms with Crippen LogP contribution in [-0.2, 0) is 14.3 Å². The molecular formula is C8H14F3NO3. The molecule has 0 heterocycles. The number of carbonyl (C=O) groups is 1. The summed E-state index contributed by atoms with van der Waals surface area (Å²) in [6.45, 7) is -0.189. The van der Waals surface area contributed by atoms with Gasteiger partial charge < -0.3 is 9.47 Å². The van der Waals surface area contributed by atoms with Gasteiger partial charge in [-0.2, -0.15) is 13.2 Å². The number of esters is 1. The first-order chi connectivity index (χ1) is 6.75. The first-order valence-corrected chi connectivity index (χ1v) is 4.14. The highest BCUT2D eigenvalue weighted by molar-refractivity contribution is 5.80.